The number of hydrogen-bond acceptors (Lipinski definition) is 4. The number of halogens is 3. The van der Waals surface area contributed by atoms with Crippen molar-refractivity contribution >= 4 is 5.95 Å². The van der Waals surface area contributed by atoms with E-state index >= 15 is 0 Å². The van der Waals surface area contributed by atoms with Crippen LogP contribution in [0.15, 0.2) is 30.6 Å². The van der Waals surface area contributed by atoms with E-state index in [0.29, 0.717) is 5.56 Å². The standard InChI is InChI=1S/C10H7F3N4O2/c11-10(12,13)8-3-1-2-7(4-8)5-16-6-14-9(15-16)17(18)19/h1-4,6H,5H2. The first kappa shape index (κ1) is 13.0. The molecule has 0 atom stereocenters. The Morgan fingerprint density at radius 3 is 2.68 bits per heavy atom. The van der Waals surface area contributed by atoms with Crippen molar-refractivity contribution in [2.75, 3.05) is 0 Å². The van der Waals surface area contributed by atoms with Gasteiger partial charge in [0, 0.05) is 5.10 Å². The van der Waals surface area contributed by atoms with E-state index in [-0.39, 0.29) is 6.54 Å². The van der Waals surface area contributed by atoms with Crippen molar-refractivity contribution < 1.29 is 18.1 Å². The predicted molar refractivity (Wildman–Crippen MR) is 57.2 cm³/mol. The van der Waals surface area contributed by atoms with E-state index in [9.17, 15) is 23.3 Å². The third kappa shape index (κ3) is 3.06. The van der Waals surface area contributed by atoms with Crippen molar-refractivity contribution in [3.63, 3.8) is 0 Å². The highest BCUT2D eigenvalue weighted by atomic mass is 19.4. The third-order valence-corrected chi connectivity index (χ3v) is 2.29. The Hall–Kier alpha value is -2.45. The molecule has 0 radical (unpaired) electrons. The van der Waals surface area contributed by atoms with Gasteiger partial charge in [0.2, 0.25) is 6.33 Å². The monoisotopic (exact) mass is 272 g/mol. The van der Waals surface area contributed by atoms with Gasteiger partial charge in [-0.3, -0.25) is 0 Å². The summed E-state index contributed by atoms with van der Waals surface area (Å²) in [6.07, 6.45) is -3.33. The lowest BCUT2D eigenvalue weighted by Gasteiger charge is -2.07. The first-order valence-corrected chi connectivity index (χ1v) is 5.06. The van der Waals surface area contributed by atoms with Crippen molar-refractivity contribution in [2.45, 2.75) is 12.7 Å². The Balaban J connectivity index is 2.21. The predicted octanol–water partition coefficient (Wildman–Crippen LogP) is 2.25. The Morgan fingerprint density at radius 1 is 1.37 bits per heavy atom. The molecule has 9 heteroatoms. The molecule has 1 heterocycles. The SMILES string of the molecule is O=[N+]([O-])c1ncn(Cc2cccc(C(F)(F)F)c2)n1. The smallest absolute Gasteiger partial charge is 0.390 e. The molecule has 0 amide bonds. The number of aromatic nitrogens is 3. The van der Waals surface area contributed by atoms with Crippen LogP contribution in [0.3, 0.4) is 0 Å². The van der Waals surface area contributed by atoms with Gasteiger partial charge >= 0.3 is 12.1 Å². The Kier molecular flexibility index (Phi) is 3.19. The van der Waals surface area contributed by atoms with Crippen LogP contribution in [-0.2, 0) is 12.7 Å². The summed E-state index contributed by atoms with van der Waals surface area (Å²) in [4.78, 5) is 13.0. The third-order valence-electron chi connectivity index (χ3n) is 2.29. The minimum absolute atomic E-state index is 0.0231. The van der Waals surface area contributed by atoms with Crippen molar-refractivity contribution in [1.82, 2.24) is 14.8 Å². The summed E-state index contributed by atoms with van der Waals surface area (Å²) >= 11 is 0. The van der Waals surface area contributed by atoms with E-state index < -0.39 is 22.6 Å². The molecule has 19 heavy (non-hydrogen) atoms. The van der Waals surface area contributed by atoms with Crippen LogP contribution in [-0.4, -0.2) is 19.7 Å². The lowest BCUT2D eigenvalue weighted by atomic mass is 10.1. The van der Waals surface area contributed by atoms with Gasteiger partial charge in [0.1, 0.15) is 0 Å². The highest BCUT2D eigenvalue weighted by Crippen LogP contribution is 2.29. The van der Waals surface area contributed by atoms with Gasteiger partial charge in [-0.05, 0) is 22.6 Å². The van der Waals surface area contributed by atoms with Crippen LogP contribution >= 0.6 is 0 Å². The zero-order valence-corrected chi connectivity index (χ0v) is 9.33. The van der Waals surface area contributed by atoms with Crippen molar-refractivity contribution in [1.29, 1.82) is 0 Å². The first-order chi connectivity index (χ1) is 8.86. The molecule has 0 unspecified atom stereocenters. The van der Waals surface area contributed by atoms with Gasteiger partial charge in [-0.25, -0.2) is 0 Å². The molecule has 0 aliphatic heterocycles. The number of nitrogens with zero attached hydrogens (tertiary/aromatic N) is 4. The van der Waals surface area contributed by atoms with Gasteiger partial charge in [-0.15, -0.1) is 0 Å². The van der Waals surface area contributed by atoms with E-state index in [1.165, 1.54) is 12.1 Å². The van der Waals surface area contributed by atoms with Crippen LogP contribution in [0.4, 0.5) is 19.1 Å². The van der Waals surface area contributed by atoms with E-state index in [1.807, 2.05) is 0 Å². The van der Waals surface area contributed by atoms with Gasteiger partial charge in [0.05, 0.1) is 12.1 Å². The van der Waals surface area contributed by atoms with Crippen LogP contribution in [0.5, 0.6) is 0 Å². The van der Waals surface area contributed by atoms with E-state index in [1.54, 1.807) is 0 Å². The van der Waals surface area contributed by atoms with Gasteiger partial charge in [0.25, 0.3) is 0 Å². The quantitative estimate of drug-likeness (QED) is 0.634. The number of nitro groups is 1. The van der Waals surface area contributed by atoms with Crippen molar-refractivity contribution in [3.05, 3.63) is 51.8 Å². The summed E-state index contributed by atoms with van der Waals surface area (Å²) in [6, 6.07) is 4.66. The molecule has 0 aliphatic carbocycles. The number of rotatable bonds is 3. The van der Waals surface area contributed by atoms with E-state index in [4.69, 9.17) is 0 Å². The molecule has 0 bridgehead atoms. The van der Waals surface area contributed by atoms with Gasteiger partial charge < -0.3 is 10.1 Å². The zero-order valence-electron chi connectivity index (χ0n) is 9.33. The van der Waals surface area contributed by atoms with Crippen LogP contribution in [0.2, 0.25) is 0 Å². The maximum atomic E-state index is 12.5. The number of hydrogen-bond donors (Lipinski definition) is 0. The lowest BCUT2D eigenvalue weighted by molar-refractivity contribution is -0.394. The van der Waals surface area contributed by atoms with Crippen molar-refractivity contribution in [2.24, 2.45) is 0 Å². The highest BCUT2D eigenvalue weighted by molar-refractivity contribution is 5.25. The molecule has 2 aromatic rings. The lowest BCUT2D eigenvalue weighted by Crippen LogP contribution is -2.07. The van der Waals surface area contributed by atoms with E-state index in [0.717, 1.165) is 23.1 Å². The second-order valence-corrected chi connectivity index (χ2v) is 3.70. The molecule has 0 aliphatic rings. The molecule has 1 aromatic carbocycles. The summed E-state index contributed by atoms with van der Waals surface area (Å²) in [5, 5.41) is 13.9. The average molecular weight is 272 g/mol. The maximum absolute atomic E-state index is 12.5. The summed E-state index contributed by atoms with van der Waals surface area (Å²) in [7, 11) is 0. The molecule has 0 spiro atoms. The molecule has 100 valence electrons. The number of alkyl halides is 3. The topological polar surface area (TPSA) is 73.8 Å². The van der Waals surface area contributed by atoms with Gasteiger partial charge in [-0.1, -0.05) is 17.1 Å². The fourth-order valence-electron chi connectivity index (χ4n) is 1.48. The largest absolute Gasteiger partial charge is 0.490 e. The van der Waals surface area contributed by atoms with Crippen LogP contribution in [0, 0.1) is 10.1 Å². The molecular weight excluding hydrogens is 265 g/mol. The average Bonchev–Trinajstić information content (AvgIpc) is 2.77. The molecule has 0 fully saturated rings. The zero-order chi connectivity index (χ0) is 14.0. The Morgan fingerprint density at radius 2 is 2.11 bits per heavy atom. The molecule has 0 saturated carbocycles. The Bertz CT molecular complexity index is 609. The van der Waals surface area contributed by atoms with Crippen LogP contribution in [0.25, 0.3) is 0 Å². The van der Waals surface area contributed by atoms with Crippen molar-refractivity contribution in [3.8, 4) is 0 Å². The number of benzene rings is 1. The Labute approximate surface area is 104 Å². The fourth-order valence-corrected chi connectivity index (χ4v) is 1.48. The minimum Gasteiger partial charge on any atom is -0.390 e. The van der Waals surface area contributed by atoms with Gasteiger partial charge in [0.15, 0.2) is 0 Å². The maximum Gasteiger partial charge on any atom is 0.490 e. The second-order valence-electron chi connectivity index (χ2n) is 3.70. The fraction of sp³-hybridized carbons (Fsp3) is 0.200. The molecule has 6 nitrogen and oxygen atoms in total. The molecule has 0 N–H and O–H groups in total. The van der Waals surface area contributed by atoms with Crippen LogP contribution in [0.1, 0.15) is 11.1 Å². The summed E-state index contributed by atoms with van der Waals surface area (Å²) in [6.45, 7) is -0.0231. The first-order valence-electron chi connectivity index (χ1n) is 5.06. The molecule has 2 rings (SSSR count). The minimum atomic E-state index is -4.43. The highest BCUT2D eigenvalue weighted by Gasteiger charge is 2.30. The summed E-state index contributed by atoms with van der Waals surface area (Å²) in [5.74, 6) is -0.591. The summed E-state index contributed by atoms with van der Waals surface area (Å²) in [5.41, 5.74) is -0.450. The van der Waals surface area contributed by atoms with E-state index in [2.05, 4.69) is 10.1 Å². The van der Waals surface area contributed by atoms with Crippen LogP contribution < -0.4 is 0 Å². The second kappa shape index (κ2) is 4.67. The molecular formula is C10H7F3N4O2. The molecule has 1 aromatic heterocycles. The molecule has 0 saturated heterocycles. The van der Waals surface area contributed by atoms with Gasteiger partial charge in [-0.2, -0.15) is 17.9 Å². The summed E-state index contributed by atoms with van der Waals surface area (Å²) < 4.78 is 38.6. The normalized spacial score (nSPS) is 11.5.